The molecule has 7 nitrogen and oxygen atoms in total. The zero-order chi connectivity index (χ0) is 24.0. The number of aliphatic hydroxyl groups is 1. The van der Waals surface area contributed by atoms with Gasteiger partial charge in [0.2, 0.25) is 11.9 Å². The molecule has 1 aliphatic rings. The number of benzene rings is 1. The molecule has 2 aromatic rings. The van der Waals surface area contributed by atoms with Crippen molar-refractivity contribution in [3.05, 3.63) is 41.1 Å². The van der Waals surface area contributed by atoms with Crippen molar-refractivity contribution in [3.8, 4) is 0 Å². The Kier molecular flexibility index (Phi) is 8.85. The monoisotopic (exact) mass is 479 g/mol. The van der Waals surface area contributed by atoms with E-state index >= 15 is 0 Å². The van der Waals surface area contributed by atoms with Crippen molar-refractivity contribution >= 4 is 29.4 Å². The molecule has 2 heterocycles. The summed E-state index contributed by atoms with van der Waals surface area (Å²) in [6.45, 7) is 3.64. The molecule has 0 radical (unpaired) electrons. The molecule has 180 valence electrons. The number of aromatic nitrogens is 2. The molecule has 0 fully saturated rings. The minimum atomic E-state index is -0.999. The average molecular weight is 480 g/mol. The van der Waals surface area contributed by atoms with Gasteiger partial charge in [0.05, 0.1) is 16.7 Å². The molecule has 1 aromatic carbocycles. The third kappa shape index (κ3) is 6.77. The predicted molar refractivity (Wildman–Crippen MR) is 127 cm³/mol. The molecule has 0 bridgehead atoms. The Hall–Kier alpha value is -2.46. The first-order valence-electron chi connectivity index (χ1n) is 11.1. The summed E-state index contributed by atoms with van der Waals surface area (Å²) in [5.41, 5.74) is 1.20. The molecule has 0 saturated carbocycles. The SMILES string of the molecule is CCN(CCC(O)c1cc(F)cc(F)c1)c1nc2c(c(NCCCC(=O)N(C)C)n1)SCC2. The molecule has 33 heavy (non-hydrogen) atoms. The van der Waals surface area contributed by atoms with Crippen LogP contribution in [0.25, 0.3) is 0 Å². The van der Waals surface area contributed by atoms with E-state index in [9.17, 15) is 18.7 Å². The third-order valence-electron chi connectivity index (χ3n) is 5.47. The zero-order valence-electron chi connectivity index (χ0n) is 19.3. The molecule has 3 rings (SSSR count). The molecule has 1 aromatic heterocycles. The number of carbonyl (C=O) groups excluding carboxylic acids is 1. The first-order valence-corrected chi connectivity index (χ1v) is 12.1. The van der Waals surface area contributed by atoms with Gasteiger partial charge in [-0.15, -0.1) is 11.8 Å². The van der Waals surface area contributed by atoms with E-state index in [2.05, 4.69) is 5.32 Å². The third-order valence-corrected chi connectivity index (χ3v) is 6.60. The molecule has 1 atom stereocenters. The van der Waals surface area contributed by atoms with Crippen LogP contribution in [-0.2, 0) is 11.2 Å². The maximum Gasteiger partial charge on any atom is 0.227 e. The Balaban J connectivity index is 1.67. The van der Waals surface area contributed by atoms with Gasteiger partial charge in [-0.05, 0) is 37.5 Å². The highest BCUT2D eigenvalue weighted by molar-refractivity contribution is 7.99. The maximum absolute atomic E-state index is 13.5. The van der Waals surface area contributed by atoms with Gasteiger partial charge in [-0.25, -0.2) is 13.8 Å². The molecular formula is C23H31F2N5O2S. The summed E-state index contributed by atoms with van der Waals surface area (Å²) in [6, 6.07) is 3.09. The second kappa shape index (κ2) is 11.6. The van der Waals surface area contributed by atoms with E-state index in [4.69, 9.17) is 9.97 Å². The number of anilines is 2. The predicted octanol–water partition coefficient (Wildman–Crippen LogP) is 3.63. The molecule has 1 amide bonds. The highest BCUT2D eigenvalue weighted by atomic mass is 32.2. The van der Waals surface area contributed by atoms with Crippen LogP contribution in [0.1, 0.15) is 43.5 Å². The molecule has 0 aliphatic carbocycles. The van der Waals surface area contributed by atoms with Gasteiger partial charge in [0.1, 0.15) is 17.5 Å². The molecule has 1 aliphatic heterocycles. The number of amides is 1. The van der Waals surface area contributed by atoms with Crippen molar-refractivity contribution in [2.45, 2.75) is 43.6 Å². The number of fused-ring (bicyclic) bond motifs is 1. The second-order valence-electron chi connectivity index (χ2n) is 8.15. The van der Waals surface area contributed by atoms with Gasteiger partial charge >= 0.3 is 0 Å². The van der Waals surface area contributed by atoms with E-state index in [0.717, 1.165) is 46.8 Å². The van der Waals surface area contributed by atoms with E-state index in [1.165, 1.54) is 0 Å². The van der Waals surface area contributed by atoms with Crippen molar-refractivity contribution in [3.63, 3.8) is 0 Å². The number of aryl methyl sites for hydroxylation is 1. The number of carbonyl (C=O) groups is 1. The summed E-state index contributed by atoms with van der Waals surface area (Å²) < 4.78 is 27.0. The van der Waals surface area contributed by atoms with Gasteiger partial charge in [0.15, 0.2) is 0 Å². The van der Waals surface area contributed by atoms with Gasteiger partial charge in [0.25, 0.3) is 0 Å². The fourth-order valence-electron chi connectivity index (χ4n) is 3.60. The lowest BCUT2D eigenvalue weighted by Crippen LogP contribution is -2.28. The smallest absolute Gasteiger partial charge is 0.227 e. The van der Waals surface area contributed by atoms with Crippen LogP contribution in [0.4, 0.5) is 20.5 Å². The van der Waals surface area contributed by atoms with Crippen LogP contribution >= 0.6 is 11.8 Å². The maximum atomic E-state index is 13.5. The first kappa shape index (κ1) is 25.2. The lowest BCUT2D eigenvalue weighted by molar-refractivity contribution is -0.128. The summed E-state index contributed by atoms with van der Waals surface area (Å²) in [6.07, 6.45) is 1.30. The van der Waals surface area contributed by atoms with E-state index in [-0.39, 0.29) is 17.9 Å². The normalized spacial score (nSPS) is 13.5. The molecular weight excluding hydrogens is 448 g/mol. The zero-order valence-corrected chi connectivity index (χ0v) is 20.1. The van der Waals surface area contributed by atoms with Gasteiger partial charge < -0.3 is 20.2 Å². The highest BCUT2D eigenvalue weighted by Gasteiger charge is 2.22. The Bertz CT molecular complexity index is 956. The van der Waals surface area contributed by atoms with Crippen molar-refractivity contribution in [2.24, 2.45) is 0 Å². The first-order chi connectivity index (χ1) is 15.8. The quantitative estimate of drug-likeness (QED) is 0.476. The van der Waals surface area contributed by atoms with Crippen molar-refractivity contribution in [1.82, 2.24) is 14.9 Å². The molecule has 0 spiro atoms. The largest absolute Gasteiger partial charge is 0.388 e. The Morgan fingerprint density at radius 2 is 1.97 bits per heavy atom. The molecule has 0 saturated heterocycles. The standard InChI is InChI=1S/C23H31F2N5O2S/c1-4-30(10-7-19(31)15-12-16(24)14-17(25)13-15)23-27-18-8-11-33-21(18)22(28-23)26-9-5-6-20(32)29(2)3/h12-14,19,31H,4-11H2,1-3H3,(H,26,27,28). The number of thioether (sulfide) groups is 1. The van der Waals surface area contributed by atoms with Gasteiger partial charge in [-0.2, -0.15) is 4.98 Å². The van der Waals surface area contributed by atoms with Crippen LogP contribution in [0.3, 0.4) is 0 Å². The van der Waals surface area contributed by atoms with Crippen molar-refractivity contribution < 1.29 is 18.7 Å². The van der Waals surface area contributed by atoms with Crippen LogP contribution in [0.15, 0.2) is 23.1 Å². The molecule has 10 heteroatoms. The topological polar surface area (TPSA) is 81.6 Å². The number of nitrogens with one attached hydrogen (secondary N) is 1. The summed E-state index contributed by atoms with van der Waals surface area (Å²) in [5, 5.41) is 13.8. The van der Waals surface area contributed by atoms with E-state index in [1.807, 2.05) is 11.8 Å². The number of halogens is 2. The van der Waals surface area contributed by atoms with E-state index in [1.54, 1.807) is 30.8 Å². The van der Waals surface area contributed by atoms with Crippen LogP contribution in [0.2, 0.25) is 0 Å². The minimum Gasteiger partial charge on any atom is -0.388 e. The molecule has 1 unspecified atom stereocenters. The Morgan fingerprint density at radius 3 is 2.64 bits per heavy atom. The van der Waals surface area contributed by atoms with Gasteiger partial charge in [-0.1, -0.05) is 0 Å². The van der Waals surface area contributed by atoms with Gasteiger partial charge in [-0.3, -0.25) is 4.79 Å². The van der Waals surface area contributed by atoms with Gasteiger partial charge in [0, 0.05) is 58.4 Å². The summed E-state index contributed by atoms with van der Waals surface area (Å²) in [5.74, 6) is 0.938. The van der Waals surface area contributed by atoms with Crippen LogP contribution in [0.5, 0.6) is 0 Å². The van der Waals surface area contributed by atoms with Crippen LogP contribution < -0.4 is 10.2 Å². The minimum absolute atomic E-state index is 0.0914. The summed E-state index contributed by atoms with van der Waals surface area (Å²) in [7, 11) is 3.49. The number of hydrogen-bond acceptors (Lipinski definition) is 7. The fraction of sp³-hybridized carbons (Fsp3) is 0.522. The Labute approximate surface area is 197 Å². The van der Waals surface area contributed by atoms with Crippen molar-refractivity contribution in [2.75, 3.05) is 49.7 Å². The second-order valence-corrected chi connectivity index (χ2v) is 9.26. The number of hydrogen-bond donors (Lipinski definition) is 2. The number of aliphatic hydroxyl groups excluding tert-OH is 1. The fourth-order valence-corrected chi connectivity index (χ4v) is 4.67. The summed E-state index contributed by atoms with van der Waals surface area (Å²) in [4.78, 5) is 25.8. The average Bonchev–Trinajstić information content (AvgIpc) is 3.25. The lowest BCUT2D eigenvalue weighted by atomic mass is 10.1. The molecule has 2 N–H and O–H groups in total. The van der Waals surface area contributed by atoms with Crippen LogP contribution in [-0.4, -0.2) is 65.4 Å². The summed E-state index contributed by atoms with van der Waals surface area (Å²) >= 11 is 1.72. The highest BCUT2D eigenvalue weighted by Crippen LogP contribution is 2.36. The lowest BCUT2D eigenvalue weighted by Gasteiger charge is -2.24. The van der Waals surface area contributed by atoms with E-state index in [0.29, 0.717) is 38.4 Å². The van der Waals surface area contributed by atoms with Crippen LogP contribution in [0, 0.1) is 11.6 Å². The number of rotatable bonds is 11. The van der Waals surface area contributed by atoms with E-state index < -0.39 is 17.7 Å². The Morgan fingerprint density at radius 1 is 1.24 bits per heavy atom. The van der Waals surface area contributed by atoms with Crippen molar-refractivity contribution in [1.29, 1.82) is 0 Å². The number of nitrogens with zero attached hydrogens (tertiary/aromatic N) is 4.